The number of benzene rings is 2. The molecule has 236 valence electrons. The lowest BCUT2D eigenvalue weighted by atomic mass is 10.1. The summed E-state index contributed by atoms with van der Waals surface area (Å²) in [7, 11) is -2.19. The van der Waals surface area contributed by atoms with Crippen molar-refractivity contribution in [3.63, 3.8) is 0 Å². The molecule has 1 atom stereocenters. The van der Waals surface area contributed by atoms with E-state index in [0.29, 0.717) is 37.5 Å². The van der Waals surface area contributed by atoms with Gasteiger partial charge in [-0.1, -0.05) is 19.1 Å². The molecule has 3 aliphatic rings. The van der Waals surface area contributed by atoms with Gasteiger partial charge in [0.05, 0.1) is 24.4 Å². The molecule has 0 radical (unpaired) electrons. The van der Waals surface area contributed by atoms with Gasteiger partial charge in [-0.15, -0.1) is 0 Å². The molecule has 1 amide bonds. The van der Waals surface area contributed by atoms with Crippen molar-refractivity contribution in [2.75, 3.05) is 39.8 Å². The van der Waals surface area contributed by atoms with Crippen LogP contribution < -0.4 is 14.2 Å². The normalized spacial score (nSPS) is 20.1. The predicted octanol–water partition coefficient (Wildman–Crippen LogP) is 4.83. The van der Waals surface area contributed by atoms with E-state index in [1.54, 1.807) is 0 Å². The third-order valence-electron chi connectivity index (χ3n) is 8.36. The minimum absolute atomic E-state index is 0.0562. The van der Waals surface area contributed by atoms with E-state index in [1.165, 1.54) is 0 Å². The van der Waals surface area contributed by atoms with Crippen molar-refractivity contribution in [1.29, 1.82) is 0 Å². The van der Waals surface area contributed by atoms with Gasteiger partial charge in [0.1, 0.15) is 11.9 Å². The van der Waals surface area contributed by atoms with Crippen LogP contribution in [0.4, 0.5) is 8.78 Å². The van der Waals surface area contributed by atoms with E-state index in [2.05, 4.69) is 11.9 Å². The van der Waals surface area contributed by atoms with Gasteiger partial charge in [-0.2, -0.15) is 17.1 Å². The van der Waals surface area contributed by atoms with Gasteiger partial charge >= 0.3 is 10.2 Å². The number of likely N-dealkylation sites (tertiary alicyclic amines) is 1. The molecule has 0 aromatic heterocycles. The molecule has 2 aromatic rings. The van der Waals surface area contributed by atoms with Gasteiger partial charge in [-0.3, -0.25) is 4.79 Å². The van der Waals surface area contributed by atoms with Crippen molar-refractivity contribution in [3.8, 4) is 11.5 Å². The van der Waals surface area contributed by atoms with Crippen LogP contribution in [0.25, 0.3) is 0 Å². The van der Waals surface area contributed by atoms with Crippen LogP contribution in [0.2, 0.25) is 0 Å². The van der Waals surface area contributed by atoms with Crippen LogP contribution in [0.5, 0.6) is 11.5 Å². The van der Waals surface area contributed by atoms with E-state index in [1.807, 2.05) is 35.9 Å². The van der Waals surface area contributed by atoms with Crippen molar-refractivity contribution in [2.45, 2.75) is 70.2 Å². The summed E-state index contributed by atoms with van der Waals surface area (Å²) in [6, 6.07) is 9.47. The smallest absolute Gasteiger partial charge is 0.304 e. The summed E-state index contributed by atoms with van der Waals surface area (Å²) in [5.74, 6) is -3.20. The Morgan fingerprint density at radius 1 is 0.977 bits per heavy atom. The van der Waals surface area contributed by atoms with Crippen LogP contribution in [0.15, 0.2) is 36.4 Å². The van der Waals surface area contributed by atoms with Gasteiger partial charge in [0.15, 0.2) is 11.6 Å². The lowest BCUT2D eigenvalue weighted by Gasteiger charge is -2.35. The lowest BCUT2D eigenvalue weighted by molar-refractivity contribution is -0.0564. The highest BCUT2D eigenvalue weighted by Gasteiger charge is 2.33. The molecule has 3 fully saturated rings. The highest BCUT2D eigenvalue weighted by Crippen LogP contribution is 2.33. The van der Waals surface area contributed by atoms with Crippen molar-refractivity contribution in [2.24, 2.45) is 5.92 Å². The maximum Gasteiger partial charge on any atom is 0.304 e. The summed E-state index contributed by atoms with van der Waals surface area (Å²) in [5.41, 5.74) is 0.0152. The summed E-state index contributed by atoms with van der Waals surface area (Å²) in [5, 5.41) is 0. The molecule has 9 nitrogen and oxygen atoms in total. The van der Waals surface area contributed by atoms with E-state index in [-0.39, 0.29) is 31.0 Å². The molecule has 12 heteroatoms. The third-order valence-corrected chi connectivity index (χ3v) is 9.85. The average Bonchev–Trinajstić information content (AvgIpc) is 3.83. The predicted molar refractivity (Wildman–Crippen MR) is 157 cm³/mol. The van der Waals surface area contributed by atoms with Gasteiger partial charge in [0, 0.05) is 26.2 Å². The second kappa shape index (κ2) is 13.9. The Labute approximate surface area is 252 Å². The second-order valence-electron chi connectivity index (χ2n) is 11.8. The maximum atomic E-state index is 15.1. The highest BCUT2D eigenvalue weighted by molar-refractivity contribution is 7.87. The molecule has 2 aromatic carbocycles. The Morgan fingerprint density at radius 3 is 2.30 bits per heavy atom. The zero-order valence-electron chi connectivity index (χ0n) is 24.8. The third kappa shape index (κ3) is 8.23. The number of carbonyl (C=O) groups excluding carboxylic acids is 1. The van der Waals surface area contributed by atoms with Crippen LogP contribution in [-0.4, -0.2) is 75.6 Å². The SMILES string of the molecule is CC[C@@H](Oc1ccc(C(=O)NS(=O)(=O)N2CCC(OC3CCN(C)CC3)CC2)c(F)c1F)c1cccc(OCC2CC2)c1. The fourth-order valence-corrected chi connectivity index (χ4v) is 6.64. The zero-order valence-corrected chi connectivity index (χ0v) is 25.6. The number of halogens is 2. The fourth-order valence-electron chi connectivity index (χ4n) is 5.48. The Morgan fingerprint density at radius 2 is 1.65 bits per heavy atom. The topological polar surface area (TPSA) is 97.4 Å². The number of carbonyl (C=O) groups is 1. The quantitative estimate of drug-likeness (QED) is 0.363. The lowest BCUT2D eigenvalue weighted by Crippen LogP contribution is -2.48. The summed E-state index contributed by atoms with van der Waals surface area (Å²) >= 11 is 0. The Kier molecular flexibility index (Phi) is 10.2. The van der Waals surface area contributed by atoms with Crippen molar-refractivity contribution in [3.05, 3.63) is 59.2 Å². The number of rotatable bonds is 12. The van der Waals surface area contributed by atoms with Gasteiger partial charge in [-0.25, -0.2) is 9.11 Å². The Bertz CT molecular complexity index is 1370. The highest BCUT2D eigenvalue weighted by atomic mass is 32.2. The Balaban J connectivity index is 1.17. The molecule has 5 rings (SSSR count). The molecule has 0 bridgehead atoms. The van der Waals surface area contributed by atoms with E-state index >= 15 is 8.78 Å². The number of nitrogens with zero attached hydrogens (tertiary/aromatic N) is 2. The number of hydrogen-bond acceptors (Lipinski definition) is 7. The summed E-state index contributed by atoms with van der Waals surface area (Å²) < 4.78 is 76.8. The molecule has 1 N–H and O–H groups in total. The van der Waals surface area contributed by atoms with Crippen LogP contribution >= 0.6 is 0 Å². The standard InChI is InChI=1S/C31H41F2N3O6S/c1-3-27(22-5-4-6-25(19-22)40-20-21-7-8-21)42-28-10-9-26(29(32)30(28)33)31(37)34-43(38,39)36-17-13-24(14-18-36)41-23-11-15-35(2)16-12-23/h4-6,9-10,19,21,23-24,27H,3,7-8,11-18,20H2,1-2H3,(H,34,37)/t27-/m1/s1. The molecule has 1 aliphatic carbocycles. The van der Waals surface area contributed by atoms with Crippen molar-refractivity contribution < 1.29 is 36.2 Å². The molecule has 2 saturated heterocycles. The minimum atomic E-state index is -4.26. The molecule has 2 aliphatic heterocycles. The van der Waals surface area contributed by atoms with E-state index < -0.39 is 39.4 Å². The average molecular weight is 622 g/mol. The van der Waals surface area contributed by atoms with Crippen LogP contribution in [-0.2, 0) is 14.9 Å². The summed E-state index contributed by atoms with van der Waals surface area (Å²) in [6.07, 6.45) is 5.18. The number of piperidine rings is 2. The van der Waals surface area contributed by atoms with Gasteiger partial charge in [-0.05, 0) is 87.7 Å². The van der Waals surface area contributed by atoms with Crippen LogP contribution in [0.1, 0.15) is 73.9 Å². The minimum Gasteiger partial charge on any atom is -0.493 e. The molecule has 43 heavy (non-hydrogen) atoms. The molecule has 0 spiro atoms. The second-order valence-corrected chi connectivity index (χ2v) is 13.4. The largest absolute Gasteiger partial charge is 0.493 e. The Hall–Kier alpha value is -2.80. The molecular weight excluding hydrogens is 580 g/mol. The van der Waals surface area contributed by atoms with Gasteiger partial charge < -0.3 is 19.1 Å². The number of amides is 1. The molecule has 2 heterocycles. The molecule has 1 saturated carbocycles. The van der Waals surface area contributed by atoms with Crippen LogP contribution in [0, 0.1) is 17.6 Å². The summed E-state index contributed by atoms with van der Waals surface area (Å²) in [4.78, 5) is 15.0. The maximum absolute atomic E-state index is 15.1. The van der Waals surface area contributed by atoms with Crippen LogP contribution in [0.3, 0.4) is 0 Å². The van der Waals surface area contributed by atoms with E-state index in [0.717, 1.165) is 60.8 Å². The van der Waals surface area contributed by atoms with E-state index in [9.17, 15) is 13.2 Å². The van der Waals surface area contributed by atoms with Gasteiger partial charge in [0.25, 0.3) is 5.91 Å². The first-order valence-corrected chi connectivity index (χ1v) is 16.6. The number of ether oxygens (including phenoxy) is 3. The first-order valence-electron chi connectivity index (χ1n) is 15.2. The molecular formula is C31H41F2N3O6S. The number of nitrogens with one attached hydrogen (secondary N) is 1. The van der Waals surface area contributed by atoms with E-state index in [4.69, 9.17) is 14.2 Å². The van der Waals surface area contributed by atoms with Gasteiger partial charge in [0.2, 0.25) is 5.82 Å². The first-order chi connectivity index (χ1) is 20.6. The monoisotopic (exact) mass is 621 g/mol. The fraction of sp³-hybridized carbons (Fsp3) is 0.581. The zero-order chi connectivity index (χ0) is 30.6. The van der Waals surface area contributed by atoms with Crippen molar-refractivity contribution in [1.82, 2.24) is 13.9 Å². The van der Waals surface area contributed by atoms with Crippen molar-refractivity contribution >= 4 is 16.1 Å². The summed E-state index contributed by atoms with van der Waals surface area (Å²) in [6.45, 7) is 4.76. The molecule has 0 unspecified atom stereocenters. The number of hydrogen-bond donors (Lipinski definition) is 1. The first kappa shape index (κ1) is 31.6.